The standard InChI is InChI=1S/C11H14ClNO3S/c1-16-11-3-2-8(6-10(11)12)17(14,15)9-4-5-13-7-9/h2-3,6,9,13H,4-5,7H2,1H3. The maximum atomic E-state index is 12.2. The Hall–Kier alpha value is -0.780. The molecule has 2 rings (SSSR count). The first-order chi connectivity index (χ1) is 8.05. The summed E-state index contributed by atoms with van der Waals surface area (Å²) in [7, 11) is -1.79. The maximum absolute atomic E-state index is 12.2. The normalized spacial score (nSPS) is 20.5. The summed E-state index contributed by atoms with van der Waals surface area (Å²) in [6, 6.07) is 4.57. The highest BCUT2D eigenvalue weighted by Crippen LogP contribution is 2.29. The van der Waals surface area contributed by atoms with Gasteiger partial charge in [-0.15, -0.1) is 0 Å². The molecule has 1 saturated heterocycles. The predicted octanol–water partition coefficient (Wildman–Crippen LogP) is 1.48. The van der Waals surface area contributed by atoms with Crippen molar-refractivity contribution in [2.45, 2.75) is 16.6 Å². The molecule has 94 valence electrons. The van der Waals surface area contributed by atoms with E-state index in [-0.39, 0.29) is 10.1 Å². The number of rotatable bonds is 3. The van der Waals surface area contributed by atoms with Crippen LogP contribution in [0.5, 0.6) is 5.75 Å². The molecule has 0 spiro atoms. The summed E-state index contributed by atoms with van der Waals surface area (Å²) in [5.74, 6) is 0.482. The summed E-state index contributed by atoms with van der Waals surface area (Å²) < 4.78 is 29.5. The molecule has 1 heterocycles. The van der Waals surface area contributed by atoms with Crippen LogP contribution in [0.2, 0.25) is 5.02 Å². The van der Waals surface area contributed by atoms with Crippen LogP contribution in [0.4, 0.5) is 0 Å². The largest absolute Gasteiger partial charge is 0.495 e. The summed E-state index contributed by atoms with van der Waals surface area (Å²) >= 11 is 5.94. The Morgan fingerprint density at radius 2 is 2.24 bits per heavy atom. The molecule has 1 aliphatic heterocycles. The SMILES string of the molecule is COc1ccc(S(=O)(=O)C2CCNC2)cc1Cl. The van der Waals surface area contributed by atoms with Crippen LogP contribution in [-0.4, -0.2) is 33.9 Å². The molecule has 1 aromatic carbocycles. The second-order valence-corrected chi connectivity index (χ2v) is 6.59. The van der Waals surface area contributed by atoms with E-state index in [1.54, 1.807) is 12.1 Å². The van der Waals surface area contributed by atoms with E-state index in [1.165, 1.54) is 13.2 Å². The van der Waals surface area contributed by atoms with Gasteiger partial charge in [0.15, 0.2) is 9.84 Å². The average molecular weight is 276 g/mol. The molecule has 1 aliphatic rings. The van der Waals surface area contributed by atoms with Crippen molar-refractivity contribution in [3.8, 4) is 5.75 Å². The molecule has 0 aliphatic carbocycles. The first-order valence-electron chi connectivity index (χ1n) is 5.34. The maximum Gasteiger partial charge on any atom is 0.182 e. The van der Waals surface area contributed by atoms with Crippen molar-refractivity contribution < 1.29 is 13.2 Å². The van der Waals surface area contributed by atoms with Crippen LogP contribution in [0.1, 0.15) is 6.42 Å². The molecule has 0 radical (unpaired) electrons. The molecule has 1 unspecified atom stereocenters. The lowest BCUT2D eigenvalue weighted by Crippen LogP contribution is -2.23. The third-order valence-electron chi connectivity index (χ3n) is 2.91. The number of hydrogen-bond donors (Lipinski definition) is 1. The van der Waals surface area contributed by atoms with Gasteiger partial charge in [0.05, 0.1) is 22.3 Å². The van der Waals surface area contributed by atoms with Crippen molar-refractivity contribution >= 4 is 21.4 Å². The van der Waals surface area contributed by atoms with E-state index in [9.17, 15) is 8.42 Å². The monoisotopic (exact) mass is 275 g/mol. The molecular weight excluding hydrogens is 262 g/mol. The fourth-order valence-corrected chi connectivity index (χ4v) is 3.92. The van der Waals surface area contributed by atoms with Gasteiger partial charge < -0.3 is 10.1 Å². The Balaban J connectivity index is 2.36. The van der Waals surface area contributed by atoms with E-state index in [1.807, 2.05) is 0 Å². The van der Waals surface area contributed by atoms with Gasteiger partial charge >= 0.3 is 0 Å². The van der Waals surface area contributed by atoms with Gasteiger partial charge in [0.25, 0.3) is 0 Å². The molecule has 6 heteroatoms. The number of benzene rings is 1. The molecule has 1 atom stereocenters. The molecule has 1 fully saturated rings. The van der Waals surface area contributed by atoms with Gasteiger partial charge in [-0.25, -0.2) is 8.42 Å². The number of methoxy groups -OCH3 is 1. The van der Waals surface area contributed by atoms with Crippen LogP contribution in [0.3, 0.4) is 0 Å². The van der Waals surface area contributed by atoms with Crippen LogP contribution in [0.15, 0.2) is 23.1 Å². The van der Waals surface area contributed by atoms with Gasteiger partial charge in [-0.1, -0.05) is 11.6 Å². The van der Waals surface area contributed by atoms with E-state index < -0.39 is 9.84 Å². The van der Waals surface area contributed by atoms with Gasteiger partial charge in [-0.3, -0.25) is 0 Å². The Bertz CT molecular complexity index is 509. The van der Waals surface area contributed by atoms with E-state index in [0.717, 1.165) is 6.54 Å². The van der Waals surface area contributed by atoms with Crippen molar-refractivity contribution in [3.63, 3.8) is 0 Å². The number of sulfone groups is 1. The molecule has 0 amide bonds. The number of nitrogens with one attached hydrogen (secondary N) is 1. The van der Waals surface area contributed by atoms with Crippen LogP contribution < -0.4 is 10.1 Å². The summed E-state index contributed by atoms with van der Waals surface area (Å²) in [4.78, 5) is 0.261. The predicted molar refractivity (Wildman–Crippen MR) is 66.5 cm³/mol. The van der Waals surface area contributed by atoms with E-state index >= 15 is 0 Å². The minimum atomic E-state index is -3.29. The first-order valence-corrected chi connectivity index (χ1v) is 7.26. The fourth-order valence-electron chi connectivity index (χ4n) is 1.91. The van der Waals surface area contributed by atoms with Crippen molar-refractivity contribution in [1.29, 1.82) is 0 Å². The molecule has 17 heavy (non-hydrogen) atoms. The van der Waals surface area contributed by atoms with Crippen LogP contribution in [0, 0.1) is 0 Å². The van der Waals surface area contributed by atoms with E-state index in [2.05, 4.69) is 5.32 Å². The van der Waals surface area contributed by atoms with Gasteiger partial charge in [0.2, 0.25) is 0 Å². The minimum absolute atomic E-state index is 0.261. The first kappa shape index (κ1) is 12.7. The van der Waals surface area contributed by atoms with Crippen LogP contribution in [0.25, 0.3) is 0 Å². The summed E-state index contributed by atoms with van der Waals surface area (Å²) in [6.07, 6.45) is 0.645. The van der Waals surface area contributed by atoms with Crippen molar-refractivity contribution in [2.75, 3.05) is 20.2 Å². The van der Waals surface area contributed by atoms with Crippen molar-refractivity contribution in [1.82, 2.24) is 5.32 Å². The molecular formula is C11H14ClNO3S. The topological polar surface area (TPSA) is 55.4 Å². The average Bonchev–Trinajstić information content (AvgIpc) is 2.83. The summed E-state index contributed by atoms with van der Waals surface area (Å²) in [5, 5.41) is 3.01. The summed E-state index contributed by atoms with van der Waals surface area (Å²) in [6.45, 7) is 1.25. The molecule has 0 bridgehead atoms. The van der Waals surface area contributed by atoms with E-state index in [0.29, 0.717) is 23.7 Å². The lowest BCUT2D eigenvalue weighted by Gasteiger charge is -2.11. The Labute approximate surface area is 106 Å². The third-order valence-corrected chi connectivity index (χ3v) is 5.39. The highest BCUT2D eigenvalue weighted by atomic mass is 35.5. The van der Waals surface area contributed by atoms with Crippen LogP contribution >= 0.6 is 11.6 Å². The molecule has 0 saturated carbocycles. The molecule has 4 nitrogen and oxygen atoms in total. The smallest absolute Gasteiger partial charge is 0.182 e. The zero-order valence-corrected chi connectivity index (χ0v) is 11.0. The second-order valence-electron chi connectivity index (χ2n) is 3.96. The zero-order chi connectivity index (χ0) is 12.5. The van der Waals surface area contributed by atoms with Crippen molar-refractivity contribution in [3.05, 3.63) is 23.2 Å². The molecule has 0 aromatic heterocycles. The number of ether oxygens (including phenoxy) is 1. The van der Waals surface area contributed by atoms with Crippen molar-refractivity contribution in [2.24, 2.45) is 0 Å². The third kappa shape index (κ3) is 2.41. The van der Waals surface area contributed by atoms with Crippen LogP contribution in [-0.2, 0) is 9.84 Å². The lowest BCUT2D eigenvalue weighted by molar-refractivity contribution is 0.414. The van der Waals surface area contributed by atoms with Gasteiger partial charge in [-0.05, 0) is 31.2 Å². The lowest BCUT2D eigenvalue weighted by atomic mass is 10.3. The summed E-state index contributed by atoms with van der Waals surface area (Å²) in [5.41, 5.74) is 0. The Morgan fingerprint density at radius 3 is 2.76 bits per heavy atom. The van der Waals surface area contributed by atoms with Gasteiger partial charge in [0.1, 0.15) is 5.75 Å². The molecule has 1 aromatic rings. The number of hydrogen-bond acceptors (Lipinski definition) is 4. The van der Waals surface area contributed by atoms with Gasteiger partial charge in [-0.2, -0.15) is 0 Å². The Kier molecular flexibility index (Phi) is 3.61. The quantitative estimate of drug-likeness (QED) is 0.908. The molecule has 1 N–H and O–H groups in total. The van der Waals surface area contributed by atoms with E-state index in [4.69, 9.17) is 16.3 Å². The number of halogens is 1. The highest BCUT2D eigenvalue weighted by molar-refractivity contribution is 7.92. The highest BCUT2D eigenvalue weighted by Gasteiger charge is 2.30. The minimum Gasteiger partial charge on any atom is -0.495 e. The van der Waals surface area contributed by atoms with Gasteiger partial charge in [0, 0.05) is 6.54 Å². The Morgan fingerprint density at radius 1 is 1.47 bits per heavy atom. The fraction of sp³-hybridized carbons (Fsp3) is 0.455. The zero-order valence-electron chi connectivity index (χ0n) is 9.44. The second kappa shape index (κ2) is 4.84.